The molecular weight excluding hydrogens is 278 g/mol. The lowest BCUT2D eigenvalue weighted by atomic mass is 9.98. The van der Waals surface area contributed by atoms with E-state index in [2.05, 4.69) is 16.0 Å². The van der Waals surface area contributed by atoms with Crippen LogP contribution in [0.15, 0.2) is 24.3 Å². The molecule has 1 unspecified atom stereocenters. The predicted octanol–water partition coefficient (Wildman–Crippen LogP) is 1.29. The number of carbonyl (C=O) groups is 2. The molecule has 0 aromatic heterocycles. The van der Waals surface area contributed by atoms with E-state index in [1.165, 1.54) is 0 Å². The second-order valence-corrected chi connectivity index (χ2v) is 4.72. The Hall–Kier alpha value is -1.59. The smallest absolute Gasteiger partial charge is 0.229 e. The van der Waals surface area contributed by atoms with Crippen LogP contribution in [0.5, 0.6) is 0 Å². The first-order valence-corrected chi connectivity index (χ1v) is 6.50. The summed E-state index contributed by atoms with van der Waals surface area (Å²) in [5.74, 6) is -0.136. The lowest BCUT2D eigenvalue weighted by Crippen LogP contribution is -2.40. The van der Waals surface area contributed by atoms with Crippen LogP contribution in [0.3, 0.4) is 0 Å². The topological polar surface area (TPSA) is 70.2 Å². The summed E-state index contributed by atoms with van der Waals surface area (Å²) < 4.78 is 0. The molecule has 1 saturated heterocycles. The fourth-order valence-corrected chi connectivity index (χ4v) is 2.18. The second kappa shape index (κ2) is 7.87. The average Bonchev–Trinajstić information content (AvgIpc) is 2.42. The van der Waals surface area contributed by atoms with Crippen molar-refractivity contribution in [3.8, 4) is 0 Å². The van der Waals surface area contributed by atoms with Crippen LogP contribution in [-0.4, -0.2) is 25.4 Å². The van der Waals surface area contributed by atoms with Gasteiger partial charge in [0, 0.05) is 25.2 Å². The van der Waals surface area contributed by atoms with Crippen molar-refractivity contribution >= 4 is 29.9 Å². The highest BCUT2D eigenvalue weighted by Crippen LogP contribution is 2.18. The number of amides is 2. The summed E-state index contributed by atoms with van der Waals surface area (Å²) in [5.41, 5.74) is 1.89. The highest BCUT2D eigenvalue weighted by Gasteiger charge is 2.24. The van der Waals surface area contributed by atoms with E-state index in [9.17, 15) is 9.59 Å². The molecule has 1 atom stereocenters. The summed E-state index contributed by atoms with van der Waals surface area (Å²) >= 11 is 0. The molecule has 2 rings (SSSR count). The zero-order valence-electron chi connectivity index (χ0n) is 11.4. The Balaban J connectivity index is 0.00000200. The molecule has 1 aliphatic heterocycles. The molecule has 1 aromatic carbocycles. The number of rotatable bonds is 4. The number of nitrogens with one attached hydrogen (secondary N) is 3. The normalized spacial score (nSPS) is 17.9. The summed E-state index contributed by atoms with van der Waals surface area (Å²) in [7, 11) is 1.87. The lowest BCUT2D eigenvalue weighted by Gasteiger charge is -2.22. The van der Waals surface area contributed by atoms with Gasteiger partial charge in [-0.2, -0.15) is 0 Å². The molecule has 0 saturated carbocycles. The number of halogens is 1. The molecule has 6 heteroatoms. The van der Waals surface area contributed by atoms with Crippen LogP contribution in [0.1, 0.15) is 18.4 Å². The number of para-hydroxylation sites is 1. The maximum absolute atomic E-state index is 12.1. The fourth-order valence-electron chi connectivity index (χ4n) is 2.18. The standard InChI is InChI=1S/C14H19N3O2.ClH/c1-15-8-10-4-2-3-5-12(10)17-14(19)11-6-7-13(18)16-9-11;/h2-5,11,15H,6-9H2,1H3,(H,16,18)(H,17,19);1H. The first kappa shape index (κ1) is 16.5. The quantitative estimate of drug-likeness (QED) is 0.784. The van der Waals surface area contributed by atoms with Crippen molar-refractivity contribution in [1.29, 1.82) is 0 Å². The van der Waals surface area contributed by atoms with Gasteiger partial charge in [-0.1, -0.05) is 18.2 Å². The van der Waals surface area contributed by atoms with E-state index in [0.29, 0.717) is 25.9 Å². The SMILES string of the molecule is CNCc1ccccc1NC(=O)C1CCC(=O)NC1.Cl. The number of benzene rings is 1. The summed E-state index contributed by atoms with van der Waals surface area (Å²) in [6.07, 6.45) is 1.04. The first-order chi connectivity index (χ1) is 9.20. The van der Waals surface area contributed by atoms with Crippen molar-refractivity contribution in [3.63, 3.8) is 0 Å². The highest BCUT2D eigenvalue weighted by molar-refractivity contribution is 5.94. The van der Waals surface area contributed by atoms with Gasteiger partial charge in [-0.15, -0.1) is 12.4 Å². The molecule has 0 aliphatic carbocycles. The minimum Gasteiger partial charge on any atom is -0.355 e. The third-order valence-electron chi connectivity index (χ3n) is 3.28. The number of carbonyl (C=O) groups excluding carboxylic acids is 2. The van der Waals surface area contributed by atoms with Gasteiger partial charge in [-0.05, 0) is 25.1 Å². The first-order valence-electron chi connectivity index (χ1n) is 6.50. The molecule has 20 heavy (non-hydrogen) atoms. The third kappa shape index (κ3) is 4.21. The Morgan fingerprint density at radius 2 is 2.15 bits per heavy atom. The number of piperidine rings is 1. The average molecular weight is 298 g/mol. The Labute approximate surface area is 124 Å². The van der Waals surface area contributed by atoms with Crippen molar-refractivity contribution in [1.82, 2.24) is 10.6 Å². The molecule has 1 fully saturated rings. The monoisotopic (exact) mass is 297 g/mol. The molecule has 2 amide bonds. The van der Waals surface area contributed by atoms with Crippen LogP contribution < -0.4 is 16.0 Å². The maximum atomic E-state index is 12.1. The van der Waals surface area contributed by atoms with Crippen molar-refractivity contribution in [2.24, 2.45) is 5.92 Å². The zero-order valence-corrected chi connectivity index (χ0v) is 12.3. The molecule has 110 valence electrons. The molecule has 0 spiro atoms. The van der Waals surface area contributed by atoms with Crippen molar-refractivity contribution in [2.75, 3.05) is 18.9 Å². The van der Waals surface area contributed by atoms with Gasteiger partial charge < -0.3 is 16.0 Å². The molecule has 5 nitrogen and oxygen atoms in total. The Morgan fingerprint density at radius 1 is 1.40 bits per heavy atom. The van der Waals surface area contributed by atoms with Crippen LogP contribution in [0.25, 0.3) is 0 Å². The Bertz CT molecular complexity index is 469. The third-order valence-corrected chi connectivity index (χ3v) is 3.28. The second-order valence-electron chi connectivity index (χ2n) is 4.72. The summed E-state index contributed by atoms with van der Waals surface area (Å²) in [6.45, 7) is 1.14. The Kier molecular flexibility index (Phi) is 6.48. The van der Waals surface area contributed by atoms with E-state index in [4.69, 9.17) is 0 Å². The minimum absolute atomic E-state index is 0. The predicted molar refractivity (Wildman–Crippen MR) is 80.8 cm³/mol. The van der Waals surface area contributed by atoms with Crippen LogP contribution in [0.2, 0.25) is 0 Å². The maximum Gasteiger partial charge on any atom is 0.229 e. The Morgan fingerprint density at radius 3 is 2.80 bits per heavy atom. The number of hydrogen-bond acceptors (Lipinski definition) is 3. The van der Waals surface area contributed by atoms with Gasteiger partial charge in [0.05, 0.1) is 5.92 Å². The molecule has 1 aliphatic rings. The molecular formula is C14H20ClN3O2. The van der Waals surface area contributed by atoms with Gasteiger partial charge in [-0.25, -0.2) is 0 Å². The van der Waals surface area contributed by atoms with E-state index in [1.807, 2.05) is 31.3 Å². The van der Waals surface area contributed by atoms with Gasteiger partial charge in [0.1, 0.15) is 0 Å². The van der Waals surface area contributed by atoms with Crippen molar-refractivity contribution < 1.29 is 9.59 Å². The van der Waals surface area contributed by atoms with Gasteiger partial charge in [0.15, 0.2) is 0 Å². The molecule has 0 radical (unpaired) electrons. The van der Waals surface area contributed by atoms with Crippen molar-refractivity contribution in [3.05, 3.63) is 29.8 Å². The van der Waals surface area contributed by atoms with Gasteiger partial charge >= 0.3 is 0 Å². The lowest BCUT2D eigenvalue weighted by molar-refractivity contribution is -0.126. The molecule has 0 bridgehead atoms. The molecule has 1 aromatic rings. The zero-order chi connectivity index (χ0) is 13.7. The minimum atomic E-state index is -0.139. The van der Waals surface area contributed by atoms with Crippen molar-refractivity contribution in [2.45, 2.75) is 19.4 Å². The van der Waals surface area contributed by atoms with Crippen LogP contribution in [-0.2, 0) is 16.1 Å². The van der Waals surface area contributed by atoms with E-state index in [-0.39, 0.29) is 30.1 Å². The summed E-state index contributed by atoms with van der Waals surface area (Å²) in [4.78, 5) is 23.2. The van der Waals surface area contributed by atoms with E-state index in [1.54, 1.807) is 0 Å². The number of anilines is 1. The summed E-state index contributed by atoms with van der Waals surface area (Å²) in [5, 5.41) is 8.75. The van der Waals surface area contributed by atoms with E-state index >= 15 is 0 Å². The summed E-state index contributed by atoms with van der Waals surface area (Å²) in [6, 6.07) is 7.72. The molecule has 1 heterocycles. The van der Waals surface area contributed by atoms with Crippen LogP contribution in [0.4, 0.5) is 5.69 Å². The fraction of sp³-hybridized carbons (Fsp3) is 0.429. The van der Waals surface area contributed by atoms with Crippen LogP contribution >= 0.6 is 12.4 Å². The van der Waals surface area contributed by atoms with Crippen LogP contribution in [0, 0.1) is 5.92 Å². The van der Waals surface area contributed by atoms with Gasteiger partial charge in [0.2, 0.25) is 11.8 Å². The molecule has 3 N–H and O–H groups in total. The van der Waals surface area contributed by atoms with E-state index in [0.717, 1.165) is 11.3 Å². The number of hydrogen-bond donors (Lipinski definition) is 3. The van der Waals surface area contributed by atoms with Gasteiger partial charge in [0.25, 0.3) is 0 Å². The largest absolute Gasteiger partial charge is 0.355 e. The van der Waals surface area contributed by atoms with E-state index < -0.39 is 0 Å². The highest BCUT2D eigenvalue weighted by atomic mass is 35.5. The van der Waals surface area contributed by atoms with Gasteiger partial charge in [-0.3, -0.25) is 9.59 Å².